The maximum atomic E-state index is 5.96. The van der Waals surface area contributed by atoms with Crippen LogP contribution in [0, 0.1) is 13.8 Å². The summed E-state index contributed by atoms with van der Waals surface area (Å²) in [4.78, 5) is 0. The SMILES string of the molecule is Cc1ccc(C2(C)OCCC(C)O2)c(C)c1. The highest BCUT2D eigenvalue weighted by Crippen LogP contribution is 2.34. The molecule has 0 radical (unpaired) electrons. The van der Waals surface area contributed by atoms with Crippen LogP contribution in [-0.2, 0) is 15.3 Å². The van der Waals surface area contributed by atoms with Gasteiger partial charge in [-0.25, -0.2) is 0 Å². The Hall–Kier alpha value is -0.860. The van der Waals surface area contributed by atoms with Crippen molar-refractivity contribution in [1.82, 2.24) is 0 Å². The van der Waals surface area contributed by atoms with Crippen molar-refractivity contribution in [2.45, 2.75) is 46.0 Å². The molecule has 88 valence electrons. The van der Waals surface area contributed by atoms with E-state index in [1.165, 1.54) is 11.1 Å². The van der Waals surface area contributed by atoms with E-state index in [0.717, 1.165) is 18.6 Å². The molecule has 16 heavy (non-hydrogen) atoms. The minimum atomic E-state index is -0.574. The molecule has 1 aromatic carbocycles. The van der Waals surface area contributed by atoms with E-state index >= 15 is 0 Å². The van der Waals surface area contributed by atoms with Crippen LogP contribution in [0.4, 0.5) is 0 Å². The number of hydrogen-bond donors (Lipinski definition) is 0. The van der Waals surface area contributed by atoms with Crippen molar-refractivity contribution in [2.75, 3.05) is 6.61 Å². The van der Waals surface area contributed by atoms with E-state index in [-0.39, 0.29) is 6.10 Å². The molecular weight excluding hydrogens is 200 g/mol. The summed E-state index contributed by atoms with van der Waals surface area (Å²) < 4.78 is 11.8. The summed E-state index contributed by atoms with van der Waals surface area (Å²) in [6.45, 7) is 9.10. The van der Waals surface area contributed by atoms with E-state index in [0.29, 0.717) is 0 Å². The van der Waals surface area contributed by atoms with Crippen molar-refractivity contribution < 1.29 is 9.47 Å². The van der Waals surface area contributed by atoms with Gasteiger partial charge in [-0.1, -0.05) is 23.8 Å². The quantitative estimate of drug-likeness (QED) is 0.723. The van der Waals surface area contributed by atoms with E-state index in [2.05, 4.69) is 39.0 Å². The van der Waals surface area contributed by atoms with E-state index in [1.54, 1.807) is 0 Å². The minimum Gasteiger partial charge on any atom is -0.346 e. The van der Waals surface area contributed by atoms with Gasteiger partial charge in [0.2, 0.25) is 0 Å². The maximum absolute atomic E-state index is 5.96. The first-order chi connectivity index (χ1) is 7.51. The van der Waals surface area contributed by atoms with Crippen LogP contribution in [0.25, 0.3) is 0 Å². The fraction of sp³-hybridized carbons (Fsp3) is 0.571. The minimum absolute atomic E-state index is 0.263. The lowest BCUT2D eigenvalue weighted by Crippen LogP contribution is -2.39. The molecule has 2 atom stereocenters. The zero-order valence-electron chi connectivity index (χ0n) is 10.5. The van der Waals surface area contributed by atoms with Gasteiger partial charge in [0.25, 0.3) is 0 Å². The average molecular weight is 220 g/mol. The Morgan fingerprint density at radius 2 is 2.06 bits per heavy atom. The first kappa shape index (κ1) is 11.6. The van der Waals surface area contributed by atoms with Crippen LogP contribution in [0.5, 0.6) is 0 Å². The fourth-order valence-electron chi connectivity index (χ4n) is 2.36. The Morgan fingerprint density at radius 1 is 1.31 bits per heavy atom. The molecule has 2 nitrogen and oxygen atoms in total. The zero-order valence-corrected chi connectivity index (χ0v) is 10.5. The molecule has 0 amide bonds. The molecule has 1 fully saturated rings. The van der Waals surface area contributed by atoms with Crippen molar-refractivity contribution in [3.8, 4) is 0 Å². The first-order valence-electron chi connectivity index (χ1n) is 5.91. The second-order valence-electron chi connectivity index (χ2n) is 4.83. The molecular formula is C14H20O2. The van der Waals surface area contributed by atoms with Crippen LogP contribution < -0.4 is 0 Å². The average Bonchev–Trinajstić information content (AvgIpc) is 2.16. The van der Waals surface area contributed by atoms with Crippen LogP contribution in [0.3, 0.4) is 0 Å². The van der Waals surface area contributed by atoms with E-state index in [1.807, 2.05) is 6.92 Å². The van der Waals surface area contributed by atoms with Gasteiger partial charge in [0, 0.05) is 5.56 Å². The van der Waals surface area contributed by atoms with Crippen molar-refractivity contribution in [1.29, 1.82) is 0 Å². The molecule has 0 aromatic heterocycles. The van der Waals surface area contributed by atoms with Crippen molar-refractivity contribution in [3.05, 3.63) is 34.9 Å². The third-order valence-electron chi connectivity index (χ3n) is 3.20. The largest absolute Gasteiger partial charge is 0.346 e. The molecule has 1 saturated heterocycles. The van der Waals surface area contributed by atoms with Gasteiger partial charge in [-0.2, -0.15) is 0 Å². The summed E-state index contributed by atoms with van der Waals surface area (Å²) in [5.74, 6) is -0.574. The summed E-state index contributed by atoms with van der Waals surface area (Å²) in [7, 11) is 0. The highest BCUT2D eigenvalue weighted by atomic mass is 16.7. The Balaban J connectivity index is 2.34. The van der Waals surface area contributed by atoms with Crippen LogP contribution in [0.15, 0.2) is 18.2 Å². The highest BCUT2D eigenvalue weighted by molar-refractivity contribution is 5.33. The summed E-state index contributed by atoms with van der Waals surface area (Å²) in [5.41, 5.74) is 3.65. The van der Waals surface area contributed by atoms with Gasteiger partial charge < -0.3 is 9.47 Å². The van der Waals surface area contributed by atoms with E-state index in [9.17, 15) is 0 Å². The van der Waals surface area contributed by atoms with Gasteiger partial charge >= 0.3 is 0 Å². The molecule has 2 rings (SSSR count). The number of rotatable bonds is 1. The lowest BCUT2D eigenvalue weighted by Gasteiger charge is -2.38. The molecule has 0 spiro atoms. The number of hydrogen-bond acceptors (Lipinski definition) is 2. The van der Waals surface area contributed by atoms with Crippen LogP contribution in [0.2, 0.25) is 0 Å². The highest BCUT2D eigenvalue weighted by Gasteiger charge is 2.35. The summed E-state index contributed by atoms with van der Waals surface area (Å²) >= 11 is 0. The predicted octanol–water partition coefficient (Wildman–Crippen LogP) is 3.30. The maximum Gasteiger partial charge on any atom is 0.192 e. The van der Waals surface area contributed by atoms with Crippen LogP contribution >= 0.6 is 0 Å². The molecule has 0 N–H and O–H groups in total. The van der Waals surface area contributed by atoms with Gasteiger partial charge in [-0.3, -0.25) is 0 Å². The molecule has 2 unspecified atom stereocenters. The van der Waals surface area contributed by atoms with Crippen molar-refractivity contribution >= 4 is 0 Å². The smallest absolute Gasteiger partial charge is 0.192 e. The zero-order chi connectivity index (χ0) is 11.8. The Kier molecular flexibility index (Phi) is 3.04. The monoisotopic (exact) mass is 220 g/mol. The number of aryl methyl sites for hydroxylation is 2. The Bertz CT molecular complexity index is 386. The molecule has 1 aromatic rings. The molecule has 0 saturated carbocycles. The summed E-state index contributed by atoms with van der Waals surface area (Å²) in [5, 5.41) is 0. The third-order valence-corrected chi connectivity index (χ3v) is 3.20. The Labute approximate surface area is 97.6 Å². The topological polar surface area (TPSA) is 18.5 Å². The van der Waals surface area contributed by atoms with Crippen LogP contribution in [0.1, 0.15) is 37.0 Å². The number of ether oxygens (including phenoxy) is 2. The Morgan fingerprint density at radius 3 is 2.69 bits per heavy atom. The van der Waals surface area contributed by atoms with Crippen LogP contribution in [-0.4, -0.2) is 12.7 Å². The third kappa shape index (κ3) is 2.13. The molecule has 0 bridgehead atoms. The molecule has 1 aliphatic rings. The van der Waals surface area contributed by atoms with Crippen molar-refractivity contribution in [3.63, 3.8) is 0 Å². The van der Waals surface area contributed by atoms with Gasteiger partial charge in [0.15, 0.2) is 5.79 Å². The van der Waals surface area contributed by atoms with E-state index in [4.69, 9.17) is 9.47 Å². The lowest BCUT2D eigenvalue weighted by atomic mass is 9.98. The second kappa shape index (κ2) is 4.19. The van der Waals surface area contributed by atoms with Gasteiger partial charge in [0.05, 0.1) is 12.7 Å². The van der Waals surface area contributed by atoms with E-state index < -0.39 is 5.79 Å². The lowest BCUT2D eigenvalue weighted by molar-refractivity contribution is -0.289. The molecule has 1 heterocycles. The molecule has 1 aliphatic heterocycles. The standard InChI is InChI=1S/C14H20O2/c1-10-5-6-13(11(2)9-10)14(4)15-8-7-12(3)16-14/h5-6,9,12H,7-8H2,1-4H3. The van der Waals surface area contributed by atoms with Crippen molar-refractivity contribution in [2.24, 2.45) is 0 Å². The number of benzene rings is 1. The fourth-order valence-corrected chi connectivity index (χ4v) is 2.36. The predicted molar refractivity (Wildman–Crippen MR) is 64.4 cm³/mol. The van der Waals surface area contributed by atoms with Gasteiger partial charge in [-0.15, -0.1) is 0 Å². The van der Waals surface area contributed by atoms with Gasteiger partial charge in [0.1, 0.15) is 0 Å². The molecule has 2 heteroatoms. The molecule has 0 aliphatic carbocycles. The normalized spacial score (nSPS) is 30.4. The first-order valence-corrected chi connectivity index (χ1v) is 5.91. The van der Waals surface area contributed by atoms with Gasteiger partial charge in [-0.05, 0) is 39.7 Å². The summed E-state index contributed by atoms with van der Waals surface area (Å²) in [6.07, 6.45) is 1.24. The second-order valence-corrected chi connectivity index (χ2v) is 4.83. The summed E-state index contributed by atoms with van der Waals surface area (Å²) in [6, 6.07) is 6.40.